The fourth-order valence-electron chi connectivity index (χ4n) is 5.20. The molecule has 3 aliphatic heterocycles. The summed E-state index contributed by atoms with van der Waals surface area (Å²) in [7, 11) is -2.06. The molecule has 2 saturated heterocycles. The molecule has 0 spiro atoms. The molecular formula is C26H31N3O5S. The highest BCUT2D eigenvalue weighted by Crippen LogP contribution is 2.30. The average Bonchev–Trinajstić information content (AvgIpc) is 3.49. The first kappa shape index (κ1) is 23.8. The van der Waals surface area contributed by atoms with Crippen LogP contribution < -0.4 is 4.74 Å². The maximum Gasteiger partial charge on any atom is 0.285 e. The van der Waals surface area contributed by atoms with E-state index in [2.05, 4.69) is 4.40 Å². The van der Waals surface area contributed by atoms with E-state index in [1.807, 2.05) is 40.1 Å². The van der Waals surface area contributed by atoms with Crippen LogP contribution in [0.25, 0.3) is 0 Å². The van der Waals surface area contributed by atoms with Crippen LogP contribution in [0.15, 0.2) is 57.8 Å². The van der Waals surface area contributed by atoms with Gasteiger partial charge in [-0.15, -0.1) is 4.40 Å². The number of nitrogens with zero attached hydrogens (tertiary/aromatic N) is 3. The molecule has 0 N–H and O–H groups in total. The van der Waals surface area contributed by atoms with Gasteiger partial charge < -0.3 is 19.3 Å². The highest BCUT2D eigenvalue weighted by molar-refractivity contribution is 7.90. The van der Waals surface area contributed by atoms with Gasteiger partial charge in [-0.3, -0.25) is 4.79 Å². The predicted molar refractivity (Wildman–Crippen MR) is 132 cm³/mol. The van der Waals surface area contributed by atoms with Crippen molar-refractivity contribution in [3.05, 3.63) is 59.7 Å². The molecule has 0 saturated carbocycles. The Balaban J connectivity index is 1.36. The molecule has 3 heterocycles. The summed E-state index contributed by atoms with van der Waals surface area (Å²) < 4.78 is 40.4. The fourth-order valence-corrected chi connectivity index (χ4v) is 6.43. The maximum absolute atomic E-state index is 13.8. The van der Waals surface area contributed by atoms with E-state index in [0.29, 0.717) is 37.6 Å². The van der Waals surface area contributed by atoms with E-state index < -0.39 is 10.0 Å². The zero-order chi connectivity index (χ0) is 24.4. The number of methoxy groups -OCH3 is 1. The van der Waals surface area contributed by atoms with Crippen molar-refractivity contribution in [1.82, 2.24) is 9.80 Å². The molecule has 2 unspecified atom stereocenters. The molecule has 5 rings (SSSR count). The number of fused-ring (bicyclic) bond motifs is 1. The molecule has 1 amide bonds. The van der Waals surface area contributed by atoms with E-state index in [-0.39, 0.29) is 22.8 Å². The van der Waals surface area contributed by atoms with Crippen molar-refractivity contribution in [1.29, 1.82) is 0 Å². The lowest BCUT2D eigenvalue weighted by molar-refractivity contribution is -0.139. The molecule has 0 radical (unpaired) electrons. The third-order valence-corrected chi connectivity index (χ3v) is 8.28. The van der Waals surface area contributed by atoms with Crippen LogP contribution >= 0.6 is 0 Å². The standard InChI is InChI=1S/C26H31N3O5S/c1-33-21-9-4-7-19(15-21)16-29(18-22-10-6-14-34-22)26(30)20-8-5-13-28(17-20)25-23-11-2-3-12-24(23)35(31,32)27-25/h2-4,7,9,11-12,15,20,22H,5-6,8,10,13-14,16-18H2,1H3. The number of ether oxygens (including phenoxy) is 2. The second kappa shape index (κ2) is 9.99. The maximum atomic E-state index is 13.8. The van der Waals surface area contributed by atoms with Gasteiger partial charge in [0.05, 0.1) is 19.1 Å². The number of benzene rings is 2. The van der Waals surface area contributed by atoms with Crippen molar-refractivity contribution in [2.24, 2.45) is 10.3 Å². The highest BCUT2D eigenvalue weighted by atomic mass is 32.2. The van der Waals surface area contributed by atoms with Gasteiger partial charge in [-0.25, -0.2) is 0 Å². The van der Waals surface area contributed by atoms with Crippen molar-refractivity contribution in [3.63, 3.8) is 0 Å². The topological polar surface area (TPSA) is 88.5 Å². The minimum absolute atomic E-state index is 0.0421. The van der Waals surface area contributed by atoms with Crippen LogP contribution in [0.2, 0.25) is 0 Å². The highest BCUT2D eigenvalue weighted by Gasteiger charge is 2.37. The number of rotatable bonds is 6. The summed E-state index contributed by atoms with van der Waals surface area (Å²) in [6.07, 6.45) is 3.56. The number of amides is 1. The molecular weight excluding hydrogens is 466 g/mol. The number of likely N-dealkylation sites (tertiary alicyclic amines) is 1. The van der Waals surface area contributed by atoms with Crippen molar-refractivity contribution in [3.8, 4) is 5.75 Å². The van der Waals surface area contributed by atoms with Gasteiger partial charge in [-0.2, -0.15) is 8.42 Å². The van der Waals surface area contributed by atoms with Gasteiger partial charge in [0.15, 0.2) is 5.84 Å². The van der Waals surface area contributed by atoms with Gasteiger partial charge in [0, 0.05) is 38.3 Å². The van der Waals surface area contributed by atoms with Gasteiger partial charge in [0.1, 0.15) is 10.6 Å². The monoisotopic (exact) mass is 497 g/mol. The molecule has 3 aliphatic rings. The second-order valence-electron chi connectivity index (χ2n) is 9.38. The smallest absolute Gasteiger partial charge is 0.285 e. The minimum atomic E-state index is -3.70. The van der Waals surface area contributed by atoms with Gasteiger partial charge in [-0.1, -0.05) is 24.3 Å². The van der Waals surface area contributed by atoms with Crippen molar-refractivity contribution in [2.45, 2.75) is 43.2 Å². The lowest BCUT2D eigenvalue weighted by atomic mass is 9.95. The fraction of sp³-hybridized carbons (Fsp3) is 0.462. The molecule has 9 heteroatoms. The Labute approximate surface area is 206 Å². The molecule has 2 fully saturated rings. The summed E-state index contributed by atoms with van der Waals surface area (Å²) in [5, 5.41) is 0. The Morgan fingerprint density at radius 3 is 2.83 bits per heavy atom. The lowest BCUT2D eigenvalue weighted by Crippen LogP contribution is -2.48. The van der Waals surface area contributed by atoms with Crippen LogP contribution in [0.1, 0.15) is 36.8 Å². The van der Waals surface area contributed by atoms with Crippen LogP contribution in [-0.2, 0) is 26.1 Å². The summed E-state index contributed by atoms with van der Waals surface area (Å²) in [6.45, 7) is 2.88. The quantitative estimate of drug-likeness (QED) is 0.610. The molecule has 0 bridgehead atoms. The first-order valence-electron chi connectivity index (χ1n) is 12.2. The summed E-state index contributed by atoms with van der Waals surface area (Å²) in [6, 6.07) is 14.7. The minimum Gasteiger partial charge on any atom is -0.497 e. The summed E-state index contributed by atoms with van der Waals surface area (Å²) in [5.41, 5.74) is 1.62. The number of hydrogen-bond donors (Lipinski definition) is 0. The van der Waals surface area contributed by atoms with E-state index >= 15 is 0 Å². The van der Waals surface area contributed by atoms with Crippen LogP contribution in [0.4, 0.5) is 0 Å². The van der Waals surface area contributed by atoms with Crippen LogP contribution in [-0.4, -0.2) is 69.4 Å². The SMILES string of the molecule is COc1cccc(CN(CC2CCCO2)C(=O)C2CCCN(C3=NS(=O)(=O)c4ccccc43)C2)c1. The second-order valence-corrected chi connectivity index (χ2v) is 10.9. The number of piperidine rings is 1. The van der Waals surface area contributed by atoms with Gasteiger partial charge in [-0.05, 0) is 55.5 Å². The van der Waals surface area contributed by atoms with Crippen molar-refractivity contribution < 1.29 is 22.7 Å². The predicted octanol–water partition coefficient (Wildman–Crippen LogP) is 3.06. The number of carbonyl (C=O) groups excluding carboxylic acids is 1. The summed E-state index contributed by atoms with van der Waals surface area (Å²) in [4.78, 5) is 17.9. The third kappa shape index (κ3) is 5.06. The van der Waals surface area contributed by atoms with E-state index in [1.165, 1.54) is 0 Å². The number of carbonyl (C=O) groups is 1. The molecule has 35 heavy (non-hydrogen) atoms. The zero-order valence-electron chi connectivity index (χ0n) is 19.9. The lowest BCUT2D eigenvalue weighted by Gasteiger charge is -2.36. The van der Waals surface area contributed by atoms with E-state index in [9.17, 15) is 13.2 Å². The number of hydrogen-bond acceptors (Lipinski definition) is 6. The molecule has 2 atom stereocenters. The van der Waals surface area contributed by atoms with Crippen LogP contribution in [0.3, 0.4) is 0 Å². The van der Waals surface area contributed by atoms with Crippen molar-refractivity contribution >= 4 is 21.8 Å². The summed E-state index contributed by atoms with van der Waals surface area (Å²) >= 11 is 0. The Morgan fingerprint density at radius 2 is 2.03 bits per heavy atom. The van der Waals surface area contributed by atoms with Crippen LogP contribution in [0, 0.1) is 5.92 Å². The van der Waals surface area contributed by atoms with E-state index in [1.54, 1.807) is 25.3 Å². The molecule has 8 nitrogen and oxygen atoms in total. The third-order valence-electron chi connectivity index (χ3n) is 6.95. The molecule has 0 aliphatic carbocycles. The Bertz CT molecular complexity index is 1220. The van der Waals surface area contributed by atoms with Gasteiger partial charge in [0.25, 0.3) is 10.0 Å². The molecule has 2 aromatic carbocycles. The molecule has 186 valence electrons. The van der Waals surface area contributed by atoms with E-state index in [0.717, 1.165) is 43.6 Å². The first-order chi connectivity index (χ1) is 16.9. The number of sulfonamides is 1. The normalized spacial score (nSPS) is 23.0. The van der Waals surface area contributed by atoms with Crippen molar-refractivity contribution in [2.75, 3.05) is 33.4 Å². The number of amidine groups is 1. The molecule has 0 aromatic heterocycles. The Kier molecular flexibility index (Phi) is 6.80. The molecule has 2 aromatic rings. The Morgan fingerprint density at radius 1 is 1.17 bits per heavy atom. The van der Waals surface area contributed by atoms with E-state index in [4.69, 9.17) is 9.47 Å². The Hall–Kier alpha value is -2.91. The summed E-state index contributed by atoms with van der Waals surface area (Å²) in [5.74, 6) is 1.04. The van der Waals surface area contributed by atoms with Gasteiger partial charge in [0.2, 0.25) is 5.91 Å². The average molecular weight is 498 g/mol. The van der Waals surface area contributed by atoms with Crippen LogP contribution in [0.5, 0.6) is 5.75 Å². The first-order valence-corrected chi connectivity index (χ1v) is 13.6. The zero-order valence-corrected chi connectivity index (χ0v) is 20.7. The largest absolute Gasteiger partial charge is 0.497 e. The van der Waals surface area contributed by atoms with Gasteiger partial charge >= 0.3 is 0 Å².